The Morgan fingerprint density at radius 1 is 1.09 bits per heavy atom. The second-order valence-electron chi connectivity index (χ2n) is 7.55. The Kier molecular flexibility index (Phi) is 6.17. The number of aromatic carboxylic acids is 1. The first-order valence-corrected chi connectivity index (χ1v) is 9.78. The smallest absolute Gasteiger partial charge is 0.290 e. The number of fused-ring (bicyclic) bond motifs is 2. The van der Waals surface area contributed by atoms with Gasteiger partial charge in [0.2, 0.25) is 5.36 Å². The van der Waals surface area contributed by atoms with Gasteiger partial charge in [-0.2, -0.15) is 0 Å². The monoisotopic (exact) mass is 433 g/mol. The van der Waals surface area contributed by atoms with Crippen LogP contribution in [0.5, 0.6) is 0 Å². The molecule has 0 radical (unpaired) electrons. The first kappa shape index (κ1) is 21.1. The van der Waals surface area contributed by atoms with Gasteiger partial charge in [0.05, 0.1) is 12.0 Å². The highest BCUT2D eigenvalue weighted by atomic mass is 16.4. The molecule has 0 atom stereocenters. The molecule has 0 bridgehead atoms. The second kappa shape index (κ2) is 9.34. The quantitative estimate of drug-likeness (QED) is 0.303. The van der Waals surface area contributed by atoms with E-state index in [1.54, 1.807) is 12.1 Å². The summed E-state index contributed by atoms with van der Waals surface area (Å²) in [6, 6.07) is 18.9. The van der Waals surface area contributed by atoms with E-state index in [9.17, 15) is 9.90 Å². The molecule has 1 aliphatic heterocycles. The number of hydrogen-bond acceptors (Lipinski definition) is 5. The molecular formula is C25H24N2O5. The summed E-state index contributed by atoms with van der Waals surface area (Å²) in [5.74, 6) is -0.500. The number of hydrogen-bond donors (Lipinski definition) is 1. The van der Waals surface area contributed by atoms with Gasteiger partial charge in [0.15, 0.2) is 1.37 Å². The van der Waals surface area contributed by atoms with Crippen LogP contribution in [0.3, 0.4) is 0 Å². The third-order valence-corrected chi connectivity index (χ3v) is 5.14. The lowest BCUT2D eigenvalue weighted by atomic mass is 9.90. The van der Waals surface area contributed by atoms with E-state index in [-0.39, 0.29) is 5.56 Å². The highest BCUT2D eigenvalue weighted by molar-refractivity contribution is 6.07. The van der Waals surface area contributed by atoms with E-state index >= 15 is 0 Å². The van der Waals surface area contributed by atoms with E-state index in [1.165, 1.54) is 0 Å². The fraction of sp³-hybridized carbons (Fsp3) is 0.160. The number of benzene rings is 3. The molecule has 1 aliphatic carbocycles. The van der Waals surface area contributed by atoms with E-state index in [2.05, 4.69) is 0 Å². The maximum Gasteiger partial charge on any atom is 0.290 e. The lowest BCUT2D eigenvalue weighted by Crippen LogP contribution is -2.23. The van der Waals surface area contributed by atoms with E-state index in [0.717, 1.165) is 27.6 Å². The number of anilines is 1. The first-order valence-electron chi connectivity index (χ1n) is 10.3. The highest BCUT2D eigenvalue weighted by Gasteiger charge is 2.20. The van der Waals surface area contributed by atoms with Crippen LogP contribution in [0.25, 0.3) is 33.4 Å². The maximum absolute atomic E-state index is 11.8. The summed E-state index contributed by atoms with van der Waals surface area (Å²) in [4.78, 5) is 22.5. The van der Waals surface area contributed by atoms with Crippen LogP contribution in [-0.4, -0.2) is 45.7 Å². The predicted octanol–water partition coefficient (Wildman–Crippen LogP) is 2.37. The number of carbonyl (C=O) groups is 2. The summed E-state index contributed by atoms with van der Waals surface area (Å²) in [6.45, 7) is 0. The van der Waals surface area contributed by atoms with Gasteiger partial charge in [-0.15, -0.1) is 0 Å². The van der Waals surface area contributed by atoms with E-state index in [4.69, 9.17) is 15.7 Å². The van der Waals surface area contributed by atoms with E-state index in [1.807, 2.05) is 86.2 Å². The number of carbonyl (C=O) groups excluding carboxylic acids is 1. The molecule has 1 heterocycles. The Bertz CT molecular complexity index is 1380. The Balaban J connectivity index is 0.000000709. The van der Waals surface area contributed by atoms with Crippen molar-refractivity contribution in [2.24, 2.45) is 0 Å². The molecule has 0 saturated heterocycles. The van der Waals surface area contributed by atoms with Gasteiger partial charge < -0.3 is 24.3 Å². The summed E-state index contributed by atoms with van der Waals surface area (Å²) in [5.41, 5.74) is 4.17. The van der Waals surface area contributed by atoms with Crippen LogP contribution in [0.2, 0.25) is 0 Å². The minimum atomic E-state index is -1.58. The van der Waals surface area contributed by atoms with Crippen molar-refractivity contribution in [1.82, 2.24) is 4.58 Å². The summed E-state index contributed by atoms with van der Waals surface area (Å²) in [5, 5.41) is 20.7. The lowest BCUT2D eigenvalue weighted by molar-refractivity contribution is -0.254. The molecular weight excluding hydrogens is 408 g/mol. The number of rotatable bonds is 3. The van der Waals surface area contributed by atoms with Gasteiger partial charge >= 0.3 is 0 Å². The average Bonchev–Trinajstić information content (AvgIpc) is 2.76. The molecule has 4 rings (SSSR count). The van der Waals surface area contributed by atoms with E-state index < -0.39 is 12.4 Å². The number of carboxylic acids is 1. The van der Waals surface area contributed by atoms with Crippen molar-refractivity contribution >= 4 is 29.1 Å². The topological polar surface area (TPSA) is 96.8 Å². The lowest BCUT2D eigenvalue weighted by Gasteiger charge is -2.19. The molecule has 2 aromatic rings. The van der Waals surface area contributed by atoms with Crippen molar-refractivity contribution in [2.45, 2.75) is 0 Å². The van der Waals surface area contributed by atoms with Gasteiger partial charge in [-0.25, -0.2) is 4.58 Å². The SMILES string of the molecule is CN(C)c1ccc2c(-c3ccccc3C(=O)[O-])c3ccc(=[N+](C)C)cc-3oc2c1.[2H]C(=O)O. The van der Waals surface area contributed by atoms with Crippen LogP contribution in [0, 0.1) is 0 Å². The minimum Gasteiger partial charge on any atom is -0.545 e. The Morgan fingerprint density at radius 2 is 1.78 bits per heavy atom. The van der Waals surface area contributed by atoms with Crippen LogP contribution in [0.15, 0.2) is 65.1 Å². The standard InChI is InChI=1S/C24H22N2O3.CH2O2/c1-25(2)15-9-11-19-21(13-15)29-22-14-16(26(3)4)10-12-20(22)23(19)17-7-5-6-8-18(17)24(27)28;2-1-3/h5-14H,1-4H3;1H,(H,2,3)/i;1D. The van der Waals surface area contributed by atoms with Gasteiger partial charge in [0.25, 0.3) is 6.45 Å². The van der Waals surface area contributed by atoms with E-state index in [0.29, 0.717) is 16.9 Å². The van der Waals surface area contributed by atoms with Crippen LogP contribution < -0.4 is 19.9 Å². The Hall–Kier alpha value is -4.13. The largest absolute Gasteiger partial charge is 0.545 e. The van der Waals surface area contributed by atoms with Crippen molar-refractivity contribution in [2.75, 3.05) is 33.1 Å². The molecule has 7 heteroatoms. The number of carboxylic acid groups (broad SMARTS) is 2. The van der Waals surface area contributed by atoms with Gasteiger partial charge in [0, 0.05) is 54.0 Å². The summed E-state index contributed by atoms with van der Waals surface area (Å²) < 4.78 is 13.8. The molecule has 0 fully saturated rings. The first-order chi connectivity index (χ1) is 15.6. The van der Waals surface area contributed by atoms with Crippen LogP contribution in [-0.2, 0) is 4.79 Å². The van der Waals surface area contributed by atoms with Crippen LogP contribution in [0.4, 0.5) is 5.69 Å². The molecule has 32 heavy (non-hydrogen) atoms. The molecule has 2 aliphatic rings. The van der Waals surface area contributed by atoms with Gasteiger partial charge in [0.1, 0.15) is 25.4 Å². The highest BCUT2D eigenvalue weighted by Crippen LogP contribution is 2.41. The molecule has 164 valence electrons. The molecule has 0 saturated carbocycles. The molecule has 2 aromatic carbocycles. The third-order valence-electron chi connectivity index (χ3n) is 5.14. The summed E-state index contributed by atoms with van der Waals surface area (Å²) in [7, 11) is 7.88. The van der Waals surface area contributed by atoms with Crippen LogP contribution >= 0.6 is 0 Å². The van der Waals surface area contributed by atoms with Gasteiger partial charge in [-0.1, -0.05) is 24.3 Å². The number of nitrogens with zero attached hydrogens (tertiary/aromatic N) is 2. The zero-order chi connectivity index (χ0) is 24.3. The molecule has 7 nitrogen and oxygen atoms in total. The molecule has 0 amide bonds. The van der Waals surface area contributed by atoms with Crippen molar-refractivity contribution in [3.05, 3.63) is 71.6 Å². The molecule has 1 N–H and O–H groups in total. The van der Waals surface area contributed by atoms with Crippen molar-refractivity contribution in [1.29, 1.82) is 0 Å². The van der Waals surface area contributed by atoms with Gasteiger partial charge in [-0.05, 0) is 23.8 Å². The zero-order valence-electron chi connectivity index (χ0n) is 19.2. The molecule has 0 spiro atoms. The zero-order valence-corrected chi connectivity index (χ0v) is 18.2. The minimum absolute atomic E-state index is 0.162. The van der Waals surface area contributed by atoms with Crippen molar-refractivity contribution < 1.29 is 25.6 Å². The van der Waals surface area contributed by atoms with Gasteiger partial charge in [-0.3, -0.25) is 4.79 Å². The normalized spacial score (nSPS) is 10.8. The van der Waals surface area contributed by atoms with Crippen LogP contribution in [0.1, 0.15) is 11.7 Å². The maximum atomic E-state index is 11.8. The van der Waals surface area contributed by atoms with Crippen molar-refractivity contribution in [3.63, 3.8) is 0 Å². The predicted molar refractivity (Wildman–Crippen MR) is 123 cm³/mol. The third kappa shape index (κ3) is 4.32. The Labute approximate surface area is 186 Å². The Morgan fingerprint density at radius 3 is 2.41 bits per heavy atom. The fourth-order valence-electron chi connectivity index (χ4n) is 3.59. The fourth-order valence-corrected chi connectivity index (χ4v) is 3.59. The molecule has 0 unspecified atom stereocenters. The molecule has 0 aromatic heterocycles. The average molecular weight is 433 g/mol. The summed E-state index contributed by atoms with van der Waals surface area (Å²) >= 11 is 0. The summed E-state index contributed by atoms with van der Waals surface area (Å²) in [6.07, 6.45) is -1.58. The van der Waals surface area contributed by atoms with Crippen molar-refractivity contribution in [3.8, 4) is 22.5 Å². The second-order valence-corrected chi connectivity index (χ2v) is 7.55.